The minimum absolute atomic E-state index is 1.10. The molecular formula is C18H12BiNS. The molecule has 0 aliphatic rings. The summed E-state index contributed by atoms with van der Waals surface area (Å²) in [5.74, 6) is 0. The van der Waals surface area contributed by atoms with Gasteiger partial charge in [-0.15, -0.1) is 0 Å². The summed E-state index contributed by atoms with van der Waals surface area (Å²) < 4.78 is 3.87. The molecule has 2 heterocycles. The van der Waals surface area contributed by atoms with Crippen molar-refractivity contribution < 1.29 is 0 Å². The number of aryl methyl sites for hydroxylation is 1. The van der Waals surface area contributed by atoms with Crippen LogP contribution < -0.4 is 3.40 Å². The predicted octanol–water partition coefficient (Wildman–Crippen LogP) is 4.22. The van der Waals surface area contributed by atoms with Crippen molar-refractivity contribution in [1.82, 2.24) is 4.98 Å². The normalized spacial score (nSPS) is 11.3. The van der Waals surface area contributed by atoms with Crippen molar-refractivity contribution in [2.75, 3.05) is 0 Å². The van der Waals surface area contributed by atoms with E-state index in [2.05, 4.69) is 61.5 Å². The monoisotopic (exact) mass is 483 g/mol. The number of rotatable bonds is 1. The number of benzene rings is 2. The van der Waals surface area contributed by atoms with E-state index in [0.717, 1.165) is 5.69 Å². The van der Waals surface area contributed by atoms with Crippen molar-refractivity contribution >= 4 is 59.6 Å². The van der Waals surface area contributed by atoms with Crippen LogP contribution in [-0.4, -0.2) is 29.7 Å². The standard InChI is InChI=1S/C18H12NS.Bi/c1-12-9-10-19-16(11-12)15-7-4-6-14-13-5-2-3-8-17(13)20-18(14)15;/h2-9,11H,1H3;. The topological polar surface area (TPSA) is 12.9 Å². The first-order valence-corrected chi connectivity index (χ1v) is 9.36. The molecule has 0 unspecified atom stereocenters. The Morgan fingerprint density at radius 3 is 2.62 bits per heavy atom. The molecule has 0 aliphatic heterocycles. The first-order chi connectivity index (χ1) is 10.2. The summed E-state index contributed by atoms with van der Waals surface area (Å²) in [5.41, 5.74) is 3.64. The van der Waals surface area contributed by atoms with E-state index in [-0.39, 0.29) is 0 Å². The molecule has 21 heavy (non-hydrogen) atoms. The Kier molecular flexibility index (Phi) is 3.28. The summed E-state index contributed by atoms with van der Waals surface area (Å²) in [6, 6.07) is 19.5. The fourth-order valence-electron chi connectivity index (χ4n) is 2.74. The maximum absolute atomic E-state index is 4.78. The van der Waals surface area contributed by atoms with Crippen LogP contribution in [0.2, 0.25) is 0 Å². The molecule has 0 atom stereocenters. The van der Waals surface area contributed by atoms with Gasteiger partial charge in [0.05, 0.1) is 0 Å². The maximum atomic E-state index is 4.78. The van der Waals surface area contributed by atoms with E-state index in [1.807, 2.05) is 11.3 Å². The zero-order chi connectivity index (χ0) is 14.4. The Balaban J connectivity index is 2.09. The summed E-state index contributed by atoms with van der Waals surface area (Å²) >= 11 is 3.07. The second kappa shape index (κ2) is 5.15. The van der Waals surface area contributed by atoms with E-state index in [1.54, 1.807) is 0 Å². The van der Waals surface area contributed by atoms with Gasteiger partial charge in [-0.3, -0.25) is 0 Å². The summed E-state index contributed by atoms with van der Waals surface area (Å²) in [5, 5.41) is 2.68. The van der Waals surface area contributed by atoms with Crippen LogP contribution in [0.25, 0.3) is 31.4 Å². The van der Waals surface area contributed by atoms with Gasteiger partial charge in [0, 0.05) is 0 Å². The summed E-state index contributed by atoms with van der Waals surface area (Å²) in [4.78, 5) is 4.78. The van der Waals surface area contributed by atoms with Crippen molar-refractivity contribution in [3.8, 4) is 11.3 Å². The molecule has 1 nitrogen and oxygen atoms in total. The van der Waals surface area contributed by atoms with E-state index in [0.29, 0.717) is 0 Å². The molecule has 0 amide bonds. The zero-order valence-corrected chi connectivity index (χ0v) is 15.8. The number of nitrogens with zero attached hydrogens (tertiary/aromatic N) is 1. The molecule has 4 rings (SSSR count). The van der Waals surface area contributed by atoms with Crippen molar-refractivity contribution in [1.29, 1.82) is 0 Å². The van der Waals surface area contributed by atoms with E-state index in [4.69, 9.17) is 4.98 Å². The quantitative estimate of drug-likeness (QED) is 0.370. The minimum atomic E-state index is 1.10. The predicted molar refractivity (Wildman–Crippen MR) is 92.7 cm³/mol. The van der Waals surface area contributed by atoms with Crippen molar-refractivity contribution in [3.63, 3.8) is 0 Å². The Labute approximate surface area is 142 Å². The van der Waals surface area contributed by atoms with Gasteiger partial charge >= 0.3 is 143 Å². The van der Waals surface area contributed by atoms with Gasteiger partial charge in [-0.1, -0.05) is 0 Å². The third kappa shape index (κ3) is 2.29. The average Bonchev–Trinajstić information content (AvgIpc) is 2.84. The summed E-state index contributed by atoms with van der Waals surface area (Å²) in [6.45, 7) is 2.15. The SMILES string of the molecule is Cc1c[c]([Bi])nc(-c2cccc3c2sc2ccccc23)c1. The first-order valence-electron chi connectivity index (χ1n) is 6.81. The third-order valence-electron chi connectivity index (χ3n) is 3.64. The molecular weight excluding hydrogens is 471 g/mol. The van der Waals surface area contributed by atoms with Crippen LogP contribution in [-0.2, 0) is 0 Å². The van der Waals surface area contributed by atoms with Crippen molar-refractivity contribution in [3.05, 3.63) is 60.2 Å². The van der Waals surface area contributed by atoms with Gasteiger partial charge < -0.3 is 0 Å². The zero-order valence-electron chi connectivity index (χ0n) is 11.5. The number of pyridine rings is 1. The second-order valence-electron chi connectivity index (χ2n) is 5.17. The molecule has 0 N–H and O–H groups in total. The number of thiophene rings is 1. The van der Waals surface area contributed by atoms with Gasteiger partial charge in [0.15, 0.2) is 0 Å². The molecule has 2 radical (unpaired) electrons. The molecule has 0 bridgehead atoms. The van der Waals surface area contributed by atoms with E-state index < -0.39 is 0 Å². The molecule has 0 fully saturated rings. The molecule has 0 saturated heterocycles. The average molecular weight is 483 g/mol. The molecule has 3 heteroatoms. The number of fused-ring (bicyclic) bond motifs is 3. The van der Waals surface area contributed by atoms with Gasteiger partial charge in [-0.05, 0) is 0 Å². The fraction of sp³-hybridized carbons (Fsp3) is 0.0556. The van der Waals surface area contributed by atoms with E-state index >= 15 is 0 Å². The van der Waals surface area contributed by atoms with Gasteiger partial charge in [0.25, 0.3) is 0 Å². The first kappa shape index (κ1) is 13.4. The molecule has 0 aliphatic carbocycles. The van der Waals surface area contributed by atoms with Gasteiger partial charge in [-0.25, -0.2) is 0 Å². The van der Waals surface area contributed by atoms with Crippen LogP contribution in [0.5, 0.6) is 0 Å². The van der Waals surface area contributed by atoms with Gasteiger partial charge in [0.1, 0.15) is 0 Å². The van der Waals surface area contributed by atoms with Crippen molar-refractivity contribution in [2.45, 2.75) is 6.92 Å². The fourth-order valence-corrected chi connectivity index (χ4v) is 5.17. The number of hydrogen-bond donors (Lipinski definition) is 0. The molecule has 100 valence electrons. The summed E-state index contributed by atoms with van der Waals surface area (Å²) in [6.07, 6.45) is 0. The van der Waals surface area contributed by atoms with Crippen LogP contribution in [0.4, 0.5) is 0 Å². The van der Waals surface area contributed by atoms with Gasteiger partial charge in [0.2, 0.25) is 0 Å². The molecule has 4 aromatic rings. The van der Waals surface area contributed by atoms with Crippen LogP contribution >= 0.6 is 11.3 Å². The molecule has 2 aromatic carbocycles. The van der Waals surface area contributed by atoms with Crippen LogP contribution in [0.15, 0.2) is 54.6 Å². The Morgan fingerprint density at radius 2 is 1.76 bits per heavy atom. The van der Waals surface area contributed by atoms with Gasteiger partial charge in [-0.2, -0.15) is 0 Å². The van der Waals surface area contributed by atoms with E-state index in [9.17, 15) is 0 Å². The van der Waals surface area contributed by atoms with Crippen LogP contribution in [0.1, 0.15) is 5.56 Å². The third-order valence-corrected chi connectivity index (χ3v) is 5.75. The van der Waals surface area contributed by atoms with Crippen LogP contribution in [0.3, 0.4) is 0 Å². The molecule has 0 spiro atoms. The Morgan fingerprint density at radius 1 is 0.952 bits per heavy atom. The number of hydrogen-bond acceptors (Lipinski definition) is 2. The van der Waals surface area contributed by atoms with Crippen molar-refractivity contribution in [2.24, 2.45) is 0 Å². The Hall–Kier alpha value is -1.31. The molecule has 2 aromatic heterocycles. The second-order valence-corrected chi connectivity index (χ2v) is 8.00. The Bertz CT molecular complexity index is 951. The summed E-state index contributed by atoms with van der Waals surface area (Å²) in [7, 11) is 0. The molecule has 0 saturated carbocycles. The van der Waals surface area contributed by atoms with Crippen LogP contribution in [0, 0.1) is 6.92 Å². The number of aromatic nitrogens is 1. The van der Waals surface area contributed by atoms with E-state index in [1.165, 1.54) is 59.4 Å².